The van der Waals surface area contributed by atoms with Gasteiger partial charge in [-0.1, -0.05) is 26.7 Å². The Balaban J connectivity index is 1.68. The maximum atomic E-state index is 13.0. The van der Waals surface area contributed by atoms with Crippen molar-refractivity contribution in [2.24, 2.45) is 0 Å². The van der Waals surface area contributed by atoms with Crippen molar-refractivity contribution in [3.05, 3.63) is 58.7 Å². The van der Waals surface area contributed by atoms with Crippen molar-refractivity contribution >= 4 is 17.5 Å². The third-order valence-corrected chi connectivity index (χ3v) is 6.94. The summed E-state index contributed by atoms with van der Waals surface area (Å²) in [4.78, 5) is 36.4. The zero-order chi connectivity index (χ0) is 29.3. The van der Waals surface area contributed by atoms with Crippen LogP contribution >= 0.6 is 0 Å². The van der Waals surface area contributed by atoms with Gasteiger partial charge in [0, 0.05) is 17.5 Å². The molecule has 1 aliphatic heterocycles. The van der Waals surface area contributed by atoms with Gasteiger partial charge in [-0.2, -0.15) is 0 Å². The summed E-state index contributed by atoms with van der Waals surface area (Å²) in [6.45, 7) is 7.87. The largest absolute Gasteiger partial charge is 0.507 e. The second-order valence-electron chi connectivity index (χ2n) is 10.2. The number of phenolic OH excluding ortho intramolecular Hbond substituents is 1. The number of methoxy groups -OCH3 is 1. The van der Waals surface area contributed by atoms with E-state index in [1.54, 1.807) is 18.2 Å². The SMILES string of the molecule is CCCc1c(OC/C=C\COc2ccc3c(c2CCC)OC(C)(CCC(=O)OC)CC3=O)ccc(C(C)=O)c1O. The molecule has 0 radical (unpaired) electrons. The highest BCUT2D eigenvalue weighted by molar-refractivity contribution is 6.01. The first-order valence-electron chi connectivity index (χ1n) is 13.8. The second-order valence-corrected chi connectivity index (χ2v) is 10.2. The average molecular weight is 553 g/mol. The molecule has 1 aliphatic rings. The normalized spacial score (nSPS) is 16.4. The Hall–Kier alpha value is -3.81. The maximum Gasteiger partial charge on any atom is 0.305 e. The van der Waals surface area contributed by atoms with Gasteiger partial charge in [0.15, 0.2) is 11.6 Å². The van der Waals surface area contributed by atoms with Crippen LogP contribution in [0.1, 0.15) is 91.6 Å². The summed E-state index contributed by atoms with van der Waals surface area (Å²) in [7, 11) is 1.35. The molecule has 2 aromatic carbocycles. The first kappa shape index (κ1) is 30.7. The lowest BCUT2D eigenvalue weighted by Gasteiger charge is -2.36. The highest BCUT2D eigenvalue weighted by atomic mass is 16.5. The van der Waals surface area contributed by atoms with E-state index in [4.69, 9.17) is 18.9 Å². The predicted octanol–water partition coefficient (Wildman–Crippen LogP) is 6.19. The molecule has 0 aliphatic carbocycles. The lowest BCUT2D eigenvalue weighted by molar-refractivity contribution is -0.141. The fourth-order valence-corrected chi connectivity index (χ4v) is 4.83. The number of fused-ring (bicyclic) bond motifs is 1. The monoisotopic (exact) mass is 552 g/mol. The molecule has 0 fully saturated rings. The standard InChI is InChI=1S/C32H40O8/c1-6-10-24-27(14-12-22(21(3)33)30(24)36)38-18-8-9-19-39-28-15-13-23-26(34)20-32(4,17-16-29(35)37-5)40-31(23)25(28)11-7-2/h8-9,12-15,36H,6-7,10-11,16-20H2,1-5H3/b9-8-. The van der Waals surface area contributed by atoms with Crippen molar-refractivity contribution in [1.29, 1.82) is 0 Å². The molecule has 1 atom stereocenters. The predicted molar refractivity (Wildman–Crippen MR) is 152 cm³/mol. The summed E-state index contributed by atoms with van der Waals surface area (Å²) < 4.78 is 23.1. The zero-order valence-electron chi connectivity index (χ0n) is 24.1. The number of hydrogen-bond acceptors (Lipinski definition) is 8. The lowest BCUT2D eigenvalue weighted by Crippen LogP contribution is -2.40. The number of ether oxygens (including phenoxy) is 4. The molecule has 8 nitrogen and oxygen atoms in total. The number of Topliss-reactive ketones (excluding diaryl/α,β-unsaturated/α-hetero) is 2. The second kappa shape index (κ2) is 14.0. The van der Waals surface area contributed by atoms with Gasteiger partial charge in [-0.3, -0.25) is 14.4 Å². The molecule has 0 saturated carbocycles. The van der Waals surface area contributed by atoms with E-state index >= 15 is 0 Å². The number of benzene rings is 2. The molecule has 1 heterocycles. The van der Waals surface area contributed by atoms with Crippen LogP contribution in [0, 0.1) is 0 Å². The Morgan fingerprint density at radius 1 is 1.00 bits per heavy atom. The number of ketones is 2. The maximum absolute atomic E-state index is 13.0. The Bertz CT molecular complexity index is 1260. The third kappa shape index (κ3) is 7.43. The van der Waals surface area contributed by atoms with Crippen LogP contribution in [0.4, 0.5) is 0 Å². The highest BCUT2D eigenvalue weighted by Crippen LogP contribution is 2.42. The van der Waals surface area contributed by atoms with Gasteiger partial charge < -0.3 is 24.1 Å². The molecule has 0 spiro atoms. The van der Waals surface area contributed by atoms with Crippen molar-refractivity contribution in [3.8, 4) is 23.0 Å². The smallest absolute Gasteiger partial charge is 0.305 e. The fraction of sp³-hybridized carbons (Fsp3) is 0.469. The van der Waals surface area contributed by atoms with Gasteiger partial charge in [0.2, 0.25) is 0 Å². The molecule has 1 unspecified atom stereocenters. The van der Waals surface area contributed by atoms with Crippen LogP contribution in [-0.4, -0.2) is 48.6 Å². The van der Waals surface area contributed by atoms with Crippen molar-refractivity contribution in [1.82, 2.24) is 0 Å². The number of carbonyl (C=O) groups is 3. The van der Waals surface area contributed by atoms with E-state index in [-0.39, 0.29) is 49.3 Å². The topological polar surface area (TPSA) is 108 Å². The van der Waals surface area contributed by atoms with E-state index in [1.165, 1.54) is 14.0 Å². The summed E-state index contributed by atoms with van der Waals surface area (Å²) in [5.74, 6) is 1.17. The molecule has 0 amide bonds. The van der Waals surface area contributed by atoms with Gasteiger partial charge in [0.05, 0.1) is 24.7 Å². The number of hydrogen-bond donors (Lipinski definition) is 1. The van der Waals surface area contributed by atoms with Crippen LogP contribution in [0.3, 0.4) is 0 Å². The van der Waals surface area contributed by atoms with Crippen molar-refractivity contribution in [3.63, 3.8) is 0 Å². The molecular formula is C32H40O8. The van der Waals surface area contributed by atoms with Gasteiger partial charge in [-0.05, 0) is 69.5 Å². The fourth-order valence-electron chi connectivity index (χ4n) is 4.83. The number of esters is 1. The Morgan fingerprint density at radius 2 is 1.60 bits per heavy atom. The molecule has 0 saturated heterocycles. The van der Waals surface area contributed by atoms with Gasteiger partial charge in [0.1, 0.15) is 41.8 Å². The Morgan fingerprint density at radius 3 is 2.20 bits per heavy atom. The minimum Gasteiger partial charge on any atom is -0.507 e. The van der Waals surface area contributed by atoms with Gasteiger partial charge >= 0.3 is 5.97 Å². The van der Waals surface area contributed by atoms with Crippen molar-refractivity contribution in [2.45, 2.75) is 78.2 Å². The van der Waals surface area contributed by atoms with Crippen LogP contribution in [0.2, 0.25) is 0 Å². The summed E-state index contributed by atoms with van der Waals surface area (Å²) in [6, 6.07) is 6.85. The summed E-state index contributed by atoms with van der Waals surface area (Å²) in [5.41, 5.74) is 1.50. The third-order valence-electron chi connectivity index (χ3n) is 6.94. The molecule has 216 valence electrons. The molecule has 1 N–H and O–H groups in total. The van der Waals surface area contributed by atoms with E-state index in [1.807, 2.05) is 32.1 Å². The lowest BCUT2D eigenvalue weighted by atomic mass is 9.86. The van der Waals surface area contributed by atoms with Crippen molar-refractivity contribution in [2.75, 3.05) is 20.3 Å². The van der Waals surface area contributed by atoms with Crippen LogP contribution in [0.5, 0.6) is 23.0 Å². The molecule has 0 aromatic heterocycles. The molecule has 2 aromatic rings. The number of rotatable bonds is 14. The first-order chi connectivity index (χ1) is 19.1. The van der Waals surface area contributed by atoms with Crippen LogP contribution in [0.15, 0.2) is 36.4 Å². The highest BCUT2D eigenvalue weighted by Gasteiger charge is 2.38. The molecule has 0 bridgehead atoms. The quantitative estimate of drug-likeness (QED) is 0.168. The summed E-state index contributed by atoms with van der Waals surface area (Å²) in [6.07, 6.45) is 7.31. The number of carbonyl (C=O) groups excluding carboxylic acids is 3. The Labute approximate surface area is 236 Å². The van der Waals surface area contributed by atoms with E-state index < -0.39 is 5.60 Å². The molecule has 3 rings (SSSR count). The van der Waals surface area contributed by atoms with Gasteiger partial charge in [-0.25, -0.2) is 0 Å². The Kier molecular flexibility index (Phi) is 10.8. The van der Waals surface area contributed by atoms with E-state index in [0.717, 1.165) is 18.4 Å². The minimum absolute atomic E-state index is 0.0145. The van der Waals surface area contributed by atoms with E-state index in [0.29, 0.717) is 53.2 Å². The zero-order valence-corrected chi connectivity index (χ0v) is 24.1. The van der Waals surface area contributed by atoms with Gasteiger partial charge in [-0.15, -0.1) is 0 Å². The number of aromatic hydroxyl groups is 1. The molecule has 8 heteroatoms. The summed E-state index contributed by atoms with van der Waals surface area (Å²) >= 11 is 0. The van der Waals surface area contributed by atoms with Crippen LogP contribution in [-0.2, 0) is 22.4 Å². The van der Waals surface area contributed by atoms with Crippen LogP contribution < -0.4 is 14.2 Å². The van der Waals surface area contributed by atoms with E-state index in [9.17, 15) is 19.5 Å². The van der Waals surface area contributed by atoms with Crippen molar-refractivity contribution < 1.29 is 38.4 Å². The van der Waals surface area contributed by atoms with Gasteiger partial charge in [0.25, 0.3) is 0 Å². The average Bonchev–Trinajstić information content (AvgIpc) is 2.92. The molecular weight excluding hydrogens is 512 g/mol. The van der Waals surface area contributed by atoms with E-state index in [2.05, 4.69) is 6.92 Å². The molecule has 40 heavy (non-hydrogen) atoms. The number of phenols is 1. The summed E-state index contributed by atoms with van der Waals surface area (Å²) in [5, 5.41) is 10.5. The van der Waals surface area contributed by atoms with Crippen LogP contribution in [0.25, 0.3) is 0 Å². The first-order valence-corrected chi connectivity index (χ1v) is 13.8. The minimum atomic E-state index is -0.801.